The monoisotopic (exact) mass is 427 g/mol. The third-order valence-corrected chi connectivity index (χ3v) is 4.43. The number of carbonyl (C=O) groups is 2. The Balaban J connectivity index is 2.08. The third kappa shape index (κ3) is 3.65. The van der Waals surface area contributed by atoms with E-state index in [4.69, 9.17) is 0 Å². The predicted molar refractivity (Wildman–Crippen MR) is 105 cm³/mol. The van der Waals surface area contributed by atoms with Crippen molar-refractivity contribution in [3.8, 4) is 0 Å². The van der Waals surface area contributed by atoms with Crippen LogP contribution in [0.3, 0.4) is 0 Å². The highest BCUT2D eigenvalue weighted by Crippen LogP contribution is 2.31. The highest BCUT2D eigenvalue weighted by molar-refractivity contribution is 9.10. The van der Waals surface area contributed by atoms with Crippen LogP contribution in [0.5, 0.6) is 0 Å². The molecule has 0 bridgehead atoms. The van der Waals surface area contributed by atoms with Crippen molar-refractivity contribution in [2.45, 2.75) is 0 Å². The van der Waals surface area contributed by atoms with E-state index >= 15 is 0 Å². The van der Waals surface area contributed by atoms with Gasteiger partial charge in [0.1, 0.15) is 5.70 Å². The van der Waals surface area contributed by atoms with Crippen molar-refractivity contribution < 1.29 is 14.5 Å². The van der Waals surface area contributed by atoms with Gasteiger partial charge in [0.2, 0.25) is 0 Å². The molecule has 0 radical (unpaired) electrons. The summed E-state index contributed by atoms with van der Waals surface area (Å²) in [5, 5.41) is 13.9. The molecule has 0 unspecified atom stereocenters. The topological polar surface area (TPSA) is 92.6 Å². The number of halogens is 1. The van der Waals surface area contributed by atoms with Crippen molar-refractivity contribution in [3.63, 3.8) is 0 Å². The quantitative estimate of drug-likeness (QED) is 0.328. The second-order valence-electron chi connectivity index (χ2n) is 5.70. The minimum absolute atomic E-state index is 0.0673. The first-order chi connectivity index (χ1) is 12.9. The number of amides is 2. The molecule has 2 amide bonds. The zero-order chi connectivity index (χ0) is 19.6. The van der Waals surface area contributed by atoms with E-state index in [1.165, 1.54) is 30.3 Å². The summed E-state index contributed by atoms with van der Waals surface area (Å²) in [6, 6.07) is 12.7. The Morgan fingerprint density at radius 3 is 2.44 bits per heavy atom. The van der Waals surface area contributed by atoms with Crippen LogP contribution in [0.15, 0.2) is 71.4 Å². The van der Waals surface area contributed by atoms with Crippen LogP contribution in [0.2, 0.25) is 0 Å². The van der Waals surface area contributed by atoms with Gasteiger partial charge in [-0.2, -0.15) is 0 Å². The first kappa shape index (κ1) is 18.5. The van der Waals surface area contributed by atoms with Crippen LogP contribution in [-0.2, 0) is 9.59 Å². The molecule has 2 aromatic carbocycles. The molecule has 0 fully saturated rings. The summed E-state index contributed by atoms with van der Waals surface area (Å²) in [7, 11) is 0. The first-order valence-electron chi connectivity index (χ1n) is 7.91. The molecule has 0 aromatic heterocycles. The van der Waals surface area contributed by atoms with E-state index in [9.17, 15) is 19.7 Å². The molecule has 136 valence electrons. The van der Waals surface area contributed by atoms with Crippen molar-refractivity contribution in [3.05, 3.63) is 87.0 Å². The number of hydrogen-bond donors (Lipinski definition) is 1. The number of nitrogens with zero attached hydrogens (tertiary/aromatic N) is 2. The Labute approximate surface area is 163 Å². The number of anilines is 1. The molecule has 0 spiro atoms. The molecular weight excluding hydrogens is 414 g/mol. The summed E-state index contributed by atoms with van der Waals surface area (Å²) < 4.78 is 0.810. The van der Waals surface area contributed by atoms with E-state index in [2.05, 4.69) is 27.8 Å². The van der Waals surface area contributed by atoms with Gasteiger partial charge in [-0.1, -0.05) is 28.1 Å². The molecule has 3 rings (SSSR count). The lowest BCUT2D eigenvalue weighted by molar-refractivity contribution is -0.384. The Hall–Kier alpha value is -3.26. The SMILES string of the molecule is C=CCN1C(=O)C(Nc2cccc(Br)c2)=C(c2ccc([N+](=O)[O-])cc2)C1=O. The van der Waals surface area contributed by atoms with E-state index < -0.39 is 16.7 Å². The van der Waals surface area contributed by atoms with Crippen LogP contribution in [0.4, 0.5) is 11.4 Å². The molecule has 0 saturated heterocycles. The average molecular weight is 428 g/mol. The molecule has 2 aromatic rings. The van der Waals surface area contributed by atoms with Gasteiger partial charge in [-0.05, 0) is 35.9 Å². The van der Waals surface area contributed by atoms with Gasteiger partial charge < -0.3 is 5.32 Å². The average Bonchev–Trinajstić information content (AvgIpc) is 2.86. The third-order valence-electron chi connectivity index (χ3n) is 3.94. The number of nitrogens with one attached hydrogen (secondary N) is 1. The van der Waals surface area contributed by atoms with Crippen LogP contribution in [0, 0.1) is 10.1 Å². The minimum atomic E-state index is -0.523. The van der Waals surface area contributed by atoms with Crippen molar-refractivity contribution >= 4 is 44.7 Å². The van der Waals surface area contributed by atoms with Crippen LogP contribution in [-0.4, -0.2) is 28.2 Å². The van der Waals surface area contributed by atoms with Crippen LogP contribution in [0.1, 0.15) is 5.56 Å². The fourth-order valence-electron chi connectivity index (χ4n) is 2.72. The molecule has 1 aliphatic heterocycles. The normalized spacial score (nSPS) is 13.9. The molecule has 0 saturated carbocycles. The lowest BCUT2D eigenvalue weighted by atomic mass is 10.0. The van der Waals surface area contributed by atoms with Gasteiger partial charge in [0.15, 0.2) is 0 Å². The number of imide groups is 1. The summed E-state index contributed by atoms with van der Waals surface area (Å²) in [6.07, 6.45) is 1.46. The van der Waals surface area contributed by atoms with Gasteiger partial charge in [0.25, 0.3) is 17.5 Å². The molecule has 0 aliphatic carbocycles. The second-order valence-corrected chi connectivity index (χ2v) is 6.61. The van der Waals surface area contributed by atoms with E-state index in [-0.39, 0.29) is 23.5 Å². The Kier molecular flexibility index (Phi) is 5.18. The Morgan fingerprint density at radius 1 is 1.15 bits per heavy atom. The van der Waals surface area contributed by atoms with Gasteiger partial charge in [0.05, 0.1) is 10.5 Å². The summed E-state index contributed by atoms with van der Waals surface area (Å²) in [6.45, 7) is 3.64. The zero-order valence-corrected chi connectivity index (χ0v) is 15.6. The Bertz CT molecular complexity index is 983. The van der Waals surface area contributed by atoms with Crippen LogP contribution in [0.25, 0.3) is 5.57 Å². The summed E-state index contributed by atoms with van der Waals surface area (Å²) in [5.41, 5.74) is 1.23. The number of carbonyl (C=O) groups excluding carboxylic acids is 2. The number of nitro groups is 1. The predicted octanol–water partition coefficient (Wildman–Crippen LogP) is 3.74. The largest absolute Gasteiger partial charge is 0.350 e. The smallest absolute Gasteiger partial charge is 0.278 e. The van der Waals surface area contributed by atoms with Crippen LogP contribution < -0.4 is 5.32 Å². The minimum Gasteiger partial charge on any atom is -0.350 e. The molecule has 1 heterocycles. The fourth-order valence-corrected chi connectivity index (χ4v) is 3.11. The molecule has 1 aliphatic rings. The standard InChI is InChI=1S/C19H14BrN3O4/c1-2-10-22-18(24)16(12-6-8-15(9-7-12)23(26)27)17(19(22)25)21-14-5-3-4-13(20)11-14/h2-9,11,21H,1,10H2. The maximum atomic E-state index is 12.8. The number of benzene rings is 2. The summed E-state index contributed by atoms with van der Waals surface area (Å²) in [4.78, 5) is 37.0. The van der Waals surface area contributed by atoms with E-state index in [1.54, 1.807) is 18.2 Å². The molecular formula is C19H14BrN3O4. The van der Waals surface area contributed by atoms with Crippen molar-refractivity contribution in [1.82, 2.24) is 4.90 Å². The fraction of sp³-hybridized carbons (Fsp3) is 0.0526. The molecule has 7 nitrogen and oxygen atoms in total. The number of nitro benzene ring substituents is 1. The van der Waals surface area contributed by atoms with Crippen LogP contribution >= 0.6 is 15.9 Å². The van der Waals surface area contributed by atoms with Gasteiger partial charge in [-0.25, -0.2) is 0 Å². The van der Waals surface area contributed by atoms with E-state index in [0.29, 0.717) is 11.3 Å². The number of hydrogen-bond acceptors (Lipinski definition) is 5. The Morgan fingerprint density at radius 2 is 1.85 bits per heavy atom. The highest BCUT2D eigenvalue weighted by atomic mass is 79.9. The number of rotatable bonds is 6. The van der Waals surface area contributed by atoms with Crippen molar-refractivity contribution in [1.29, 1.82) is 0 Å². The highest BCUT2D eigenvalue weighted by Gasteiger charge is 2.38. The molecule has 0 atom stereocenters. The lowest BCUT2D eigenvalue weighted by Gasteiger charge is -2.12. The first-order valence-corrected chi connectivity index (χ1v) is 8.70. The number of non-ortho nitro benzene ring substituents is 1. The maximum absolute atomic E-state index is 12.8. The lowest BCUT2D eigenvalue weighted by Crippen LogP contribution is -2.32. The summed E-state index contributed by atoms with van der Waals surface area (Å²) in [5.74, 6) is -0.959. The molecule has 1 N–H and O–H groups in total. The van der Waals surface area contributed by atoms with Gasteiger partial charge in [-0.3, -0.25) is 24.6 Å². The van der Waals surface area contributed by atoms with Gasteiger partial charge in [0, 0.05) is 28.8 Å². The summed E-state index contributed by atoms with van der Waals surface area (Å²) >= 11 is 3.36. The maximum Gasteiger partial charge on any atom is 0.278 e. The molecule has 27 heavy (non-hydrogen) atoms. The van der Waals surface area contributed by atoms with Gasteiger partial charge >= 0.3 is 0 Å². The van der Waals surface area contributed by atoms with Crippen molar-refractivity contribution in [2.24, 2.45) is 0 Å². The van der Waals surface area contributed by atoms with Gasteiger partial charge in [-0.15, -0.1) is 6.58 Å². The van der Waals surface area contributed by atoms with Crippen molar-refractivity contribution in [2.75, 3.05) is 11.9 Å². The second kappa shape index (κ2) is 7.55. The zero-order valence-electron chi connectivity index (χ0n) is 14.0. The molecule has 8 heteroatoms. The van der Waals surface area contributed by atoms with E-state index in [0.717, 1.165) is 9.37 Å². The van der Waals surface area contributed by atoms with E-state index in [1.807, 2.05) is 6.07 Å².